The Morgan fingerprint density at radius 1 is 1.03 bits per heavy atom. The van der Waals surface area contributed by atoms with E-state index in [9.17, 15) is 4.39 Å². The Morgan fingerprint density at radius 2 is 1.89 bits per heavy atom. The highest BCUT2D eigenvalue weighted by molar-refractivity contribution is 5.80. The molecule has 2 heterocycles. The van der Waals surface area contributed by atoms with Gasteiger partial charge in [-0.05, 0) is 79.0 Å². The first-order valence-corrected chi connectivity index (χ1v) is 13.4. The lowest BCUT2D eigenvalue weighted by Gasteiger charge is -2.46. The SMILES string of the molecule is C[C@H]1CN(C2CCC(c3ccccc3-c3nc4ccc(F)cc4[nH]3)C2)CCC12C=Cc1ccccc12. The number of halogens is 1. The minimum atomic E-state index is -0.237. The topological polar surface area (TPSA) is 31.9 Å². The molecular weight excluding hydrogens is 445 g/mol. The molecule has 1 spiro atoms. The molecule has 3 unspecified atom stereocenters. The maximum absolute atomic E-state index is 13.7. The third-order valence-electron chi connectivity index (χ3n) is 9.24. The van der Waals surface area contributed by atoms with E-state index in [1.807, 2.05) is 0 Å². The van der Waals surface area contributed by atoms with Crippen LogP contribution in [0.4, 0.5) is 4.39 Å². The number of benzene rings is 3. The smallest absolute Gasteiger partial charge is 0.138 e. The summed E-state index contributed by atoms with van der Waals surface area (Å²) < 4.78 is 13.7. The molecule has 1 aromatic heterocycles. The second kappa shape index (κ2) is 8.41. The largest absolute Gasteiger partial charge is 0.338 e. The van der Waals surface area contributed by atoms with E-state index in [4.69, 9.17) is 4.98 Å². The van der Waals surface area contributed by atoms with Gasteiger partial charge in [0, 0.05) is 23.6 Å². The van der Waals surface area contributed by atoms with E-state index >= 15 is 0 Å². The molecule has 0 bridgehead atoms. The molecule has 4 heteroatoms. The van der Waals surface area contributed by atoms with Crippen molar-refractivity contribution >= 4 is 17.1 Å². The molecule has 4 aromatic rings. The van der Waals surface area contributed by atoms with Crippen molar-refractivity contribution in [2.45, 2.75) is 50.0 Å². The van der Waals surface area contributed by atoms with Crippen LogP contribution in [-0.4, -0.2) is 34.0 Å². The lowest BCUT2D eigenvalue weighted by Crippen LogP contribution is -2.50. The van der Waals surface area contributed by atoms with E-state index in [2.05, 4.69) is 77.5 Å². The zero-order chi connectivity index (χ0) is 24.3. The summed E-state index contributed by atoms with van der Waals surface area (Å²) in [6.45, 7) is 4.77. The van der Waals surface area contributed by atoms with Crippen LogP contribution in [0.5, 0.6) is 0 Å². The van der Waals surface area contributed by atoms with Crippen molar-refractivity contribution < 1.29 is 4.39 Å². The van der Waals surface area contributed by atoms with Crippen molar-refractivity contribution in [1.82, 2.24) is 14.9 Å². The molecule has 182 valence electrons. The van der Waals surface area contributed by atoms with E-state index < -0.39 is 0 Å². The Morgan fingerprint density at radius 3 is 2.81 bits per heavy atom. The van der Waals surface area contributed by atoms with Crippen LogP contribution in [0, 0.1) is 11.7 Å². The summed E-state index contributed by atoms with van der Waals surface area (Å²) in [5.41, 5.74) is 7.22. The summed E-state index contributed by atoms with van der Waals surface area (Å²) in [6, 6.07) is 23.0. The summed E-state index contributed by atoms with van der Waals surface area (Å²) in [7, 11) is 0. The molecule has 1 aliphatic heterocycles. The third-order valence-corrected chi connectivity index (χ3v) is 9.24. The van der Waals surface area contributed by atoms with Crippen LogP contribution >= 0.6 is 0 Å². The fourth-order valence-electron chi connectivity index (χ4n) is 7.30. The van der Waals surface area contributed by atoms with Gasteiger partial charge in [0.2, 0.25) is 0 Å². The van der Waals surface area contributed by atoms with E-state index in [1.54, 1.807) is 6.07 Å². The molecule has 0 amide bonds. The number of imidazole rings is 1. The highest BCUT2D eigenvalue weighted by Crippen LogP contribution is 2.49. The number of H-pyrrole nitrogens is 1. The number of nitrogens with one attached hydrogen (secondary N) is 1. The number of allylic oxidation sites excluding steroid dienone is 1. The van der Waals surface area contributed by atoms with Crippen molar-refractivity contribution in [3.8, 4) is 11.4 Å². The molecule has 7 rings (SSSR count). The summed E-state index contributed by atoms with van der Waals surface area (Å²) >= 11 is 0. The van der Waals surface area contributed by atoms with Gasteiger partial charge in [-0.1, -0.05) is 67.6 Å². The predicted molar refractivity (Wildman–Crippen MR) is 144 cm³/mol. The summed E-state index contributed by atoms with van der Waals surface area (Å²) in [5.74, 6) is 1.73. The molecule has 0 radical (unpaired) electrons. The molecule has 4 atom stereocenters. The van der Waals surface area contributed by atoms with Crippen molar-refractivity contribution in [2.24, 2.45) is 5.92 Å². The van der Waals surface area contributed by atoms with Gasteiger partial charge in [0.1, 0.15) is 11.6 Å². The number of piperidine rings is 1. The zero-order valence-corrected chi connectivity index (χ0v) is 20.8. The maximum atomic E-state index is 13.7. The standard InChI is InChI=1S/C32H32FN3/c1-21-20-36(17-16-32(21)15-14-22-6-2-5-9-28(22)32)25-12-10-23(18-25)26-7-3-4-8-27(26)31-34-29-13-11-24(33)19-30(29)35-31/h2-9,11,13-15,19,21,23,25H,10,12,16-18,20H2,1H3,(H,34,35)/t21-,23?,25?,32?/m0/s1. The molecule has 1 saturated carbocycles. The van der Waals surface area contributed by atoms with Crippen LogP contribution in [-0.2, 0) is 5.41 Å². The first-order chi connectivity index (χ1) is 17.6. The number of rotatable bonds is 3. The van der Waals surface area contributed by atoms with Crippen LogP contribution in [0.25, 0.3) is 28.5 Å². The quantitative estimate of drug-likeness (QED) is 0.335. The van der Waals surface area contributed by atoms with Crippen LogP contribution < -0.4 is 0 Å². The van der Waals surface area contributed by atoms with Gasteiger partial charge in [-0.15, -0.1) is 0 Å². The number of fused-ring (bicyclic) bond motifs is 3. The Bertz CT molecular complexity index is 1470. The summed E-state index contributed by atoms with van der Waals surface area (Å²) in [4.78, 5) is 10.9. The average molecular weight is 478 g/mol. The number of hydrogen-bond acceptors (Lipinski definition) is 2. The van der Waals surface area contributed by atoms with Crippen molar-refractivity contribution in [2.75, 3.05) is 13.1 Å². The minimum Gasteiger partial charge on any atom is -0.338 e. The Labute approximate surface area is 212 Å². The van der Waals surface area contributed by atoms with E-state index in [1.165, 1.54) is 54.5 Å². The fourth-order valence-corrected chi connectivity index (χ4v) is 7.30. The molecule has 36 heavy (non-hydrogen) atoms. The fraction of sp³-hybridized carbons (Fsp3) is 0.344. The maximum Gasteiger partial charge on any atom is 0.138 e. The number of aromatic amines is 1. The zero-order valence-electron chi connectivity index (χ0n) is 20.8. The van der Waals surface area contributed by atoms with Gasteiger partial charge >= 0.3 is 0 Å². The van der Waals surface area contributed by atoms with E-state index in [0.717, 1.165) is 35.5 Å². The predicted octanol–water partition coefficient (Wildman–Crippen LogP) is 7.31. The molecular formula is C32H32FN3. The van der Waals surface area contributed by atoms with Gasteiger partial charge < -0.3 is 9.88 Å². The van der Waals surface area contributed by atoms with Gasteiger partial charge in [-0.2, -0.15) is 0 Å². The Kier molecular flexibility index (Phi) is 5.14. The summed E-state index contributed by atoms with van der Waals surface area (Å²) in [5, 5.41) is 0. The van der Waals surface area contributed by atoms with Gasteiger partial charge in [-0.25, -0.2) is 9.37 Å². The third kappa shape index (κ3) is 3.46. The van der Waals surface area contributed by atoms with E-state index in [0.29, 0.717) is 17.9 Å². The van der Waals surface area contributed by atoms with Crippen molar-refractivity contribution in [3.05, 3.63) is 95.3 Å². The highest BCUT2D eigenvalue weighted by atomic mass is 19.1. The van der Waals surface area contributed by atoms with E-state index in [-0.39, 0.29) is 11.2 Å². The monoisotopic (exact) mass is 477 g/mol. The van der Waals surface area contributed by atoms with Crippen LogP contribution in [0.1, 0.15) is 55.2 Å². The van der Waals surface area contributed by atoms with Crippen molar-refractivity contribution in [3.63, 3.8) is 0 Å². The lowest BCUT2D eigenvalue weighted by molar-refractivity contribution is 0.0898. The first-order valence-electron chi connectivity index (χ1n) is 13.4. The Balaban J connectivity index is 1.10. The lowest BCUT2D eigenvalue weighted by atomic mass is 9.68. The average Bonchev–Trinajstić information content (AvgIpc) is 3.64. The second-order valence-electron chi connectivity index (χ2n) is 11.1. The van der Waals surface area contributed by atoms with Gasteiger partial charge in [0.05, 0.1) is 11.0 Å². The molecule has 2 fully saturated rings. The number of likely N-dealkylation sites (tertiary alicyclic amines) is 1. The molecule has 3 nitrogen and oxygen atoms in total. The van der Waals surface area contributed by atoms with Crippen LogP contribution in [0.3, 0.4) is 0 Å². The molecule has 1 saturated heterocycles. The number of aromatic nitrogens is 2. The molecule has 3 aliphatic rings. The van der Waals surface area contributed by atoms with Crippen LogP contribution in [0.2, 0.25) is 0 Å². The number of nitrogens with zero attached hydrogens (tertiary/aromatic N) is 2. The van der Waals surface area contributed by atoms with Crippen LogP contribution in [0.15, 0.2) is 72.8 Å². The van der Waals surface area contributed by atoms with Gasteiger partial charge in [0.25, 0.3) is 0 Å². The number of hydrogen-bond donors (Lipinski definition) is 1. The highest BCUT2D eigenvalue weighted by Gasteiger charge is 2.45. The van der Waals surface area contributed by atoms with Gasteiger partial charge in [-0.3, -0.25) is 0 Å². The molecule has 1 N–H and O–H groups in total. The normalized spacial score (nSPS) is 27.8. The first kappa shape index (κ1) is 22.0. The summed E-state index contributed by atoms with van der Waals surface area (Å²) in [6.07, 6.45) is 9.68. The van der Waals surface area contributed by atoms with Gasteiger partial charge in [0.15, 0.2) is 0 Å². The van der Waals surface area contributed by atoms with Crippen molar-refractivity contribution in [1.29, 1.82) is 0 Å². The second-order valence-corrected chi connectivity index (χ2v) is 11.1. The molecule has 3 aromatic carbocycles. The molecule has 2 aliphatic carbocycles. The minimum absolute atomic E-state index is 0.207. The Hall–Kier alpha value is -3.24.